The molecule has 0 bridgehead atoms. The maximum absolute atomic E-state index is 13.4. The van der Waals surface area contributed by atoms with Crippen molar-refractivity contribution in [2.24, 2.45) is 0 Å². The maximum atomic E-state index is 13.4. The molecule has 24 heavy (non-hydrogen) atoms. The molecule has 0 saturated carbocycles. The van der Waals surface area contributed by atoms with Crippen molar-refractivity contribution in [3.8, 4) is 5.75 Å². The molecule has 4 nitrogen and oxygen atoms in total. The van der Waals surface area contributed by atoms with E-state index in [1.54, 1.807) is 11.0 Å². The van der Waals surface area contributed by atoms with Gasteiger partial charge < -0.3 is 15.0 Å². The predicted octanol–water partition coefficient (Wildman–Crippen LogP) is 2.55. The third-order valence-corrected chi connectivity index (χ3v) is 4.63. The normalized spacial score (nSPS) is 16.6. The fourth-order valence-electron chi connectivity index (χ4n) is 3.37. The largest absolute Gasteiger partial charge is 0.489 e. The van der Waals surface area contributed by atoms with Gasteiger partial charge in [-0.05, 0) is 61.3 Å². The van der Waals surface area contributed by atoms with Crippen molar-refractivity contribution in [1.82, 2.24) is 5.32 Å². The van der Waals surface area contributed by atoms with Gasteiger partial charge in [0.05, 0.1) is 12.2 Å². The molecule has 1 amide bonds. The number of fused-ring (bicyclic) bond motifs is 2. The van der Waals surface area contributed by atoms with Crippen LogP contribution in [0.25, 0.3) is 0 Å². The van der Waals surface area contributed by atoms with Gasteiger partial charge in [0, 0.05) is 11.6 Å². The molecule has 4 rings (SSSR count). The van der Waals surface area contributed by atoms with Crippen LogP contribution in [-0.2, 0) is 12.8 Å². The number of hydrogen-bond acceptors (Lipinski definition) is 3. The first-order valence-corrected chi connectivity index (χ1v) is 8.29. The van der Waals surface area contributed by atoms with Gasteiger partial charge in [0.15, 0.2) is 0 Å². The van der Waals surface area contributed by atoms with Gasteiger partial charge in [-0.25, -0.2) is 4.39 Å². The molecule has 0 saturated heterocycles. The fourth-order valence-corrected chi connectivity index (χ4v) is 3.37. The molecule has 1 N–H and O–H groups in total. The highest BCUT2D eigenvalue weighted by molar-refractivity contribution is 6.07. The lowest BCUT2D eigenvalue weighted by atomic mass is 9.99. The van der Waals surface area contributed by atoms with Crippen LogP contribution in [0.3, 0.4) is 0 Å². The molecule has 2 heterocycles. The Balaban J connectivity index is 1.66. The summed E-state index contributed by atoms with van der Waals surface area (Å²) in [6.07, 6.45) is 1.92. The SMILES string of the molecule is O=C(c1ccc2c(c1)CCNCC2)N1CCOc2cc(F)ccc21. The zero-order valence-corrected chi connectivity index (χ0v) is 13.3. The summed E-state index contributed by atoms with van der Waals surface area (Å²) in [5.41, 5.74) is 3.84. The number of ether oxygens (including phenoxy) is 1. The first-order chi connectivity index (χ1) is 11.7. The Labute approximate surface area is 140 Å². The average Bonchev–Trinajstić information content (AvgIpc) is 2.85. The van der Waals surface area contributed by atoms with Crippen LogP contribution in [0.2, 0.25) is 0 Å². The second-order valence-corrected chi connectivity index (χ2v) is 6.15. The summed E-state index contributed by atoms with van der Waals surface area (Å²) < 4.78 is 18.9. The van der Waals surface area contributed by atoms with Gasteiger partial charge in [-0.1, -0.05) is 6.07 Å². The molecule has 0 spiro atoms. The van der Waals surface area contributed by atoms with E-state index in [4.69, 9.17) is 4.74 Å². The summed E-state index contributed by atoms with van der Waals surface area (Å²) in [7, 11) is 0. The number of anilines is 1. The zero-order chi connectivity index (χ0) is 16.5. The van der Waals surface area contributed by atoms with E-state index in [0.29, 0.717) is 30.2 Å². The topological polar surface area (TPSA) is 41.6 Å². The molecular formula is C19H19FN2O2. The summed E-state index contributed by atoms with van der Waals surface area (Å²) in [5.74, 6) is 0.000282. The Bertz CT molecular complexity index is 791. The third kappa shape index (κ3) is 2.76. The number of rotatable bonds is 1. The molecule has 2 aliphatic heterocycles. The smallest absolute Gasteiger partial charge is 0.258 e. The Morgan fingerprint density at radius 3 is 2.79 bits per heavy atom. The number of nitrogens with one attached hydrogen (secondary N) is 1. The molecule has 124 valence electrons. The van der Waals surface area contributed by atoms with Crippen LogP contribution in [0, 0.1) is 5.82 Å². The van der Waals surface area contributed by atoms with Crippen LogP contribution < -0.4 is 15.0 Å². The van der Waals surface area contributed by atoms with Crippen molar-refractivity contribution in [3.05, 3.63) is 58.9 Å². The first kappa shape index (κ1) is 15.1. The number of carbonyl (C=O) groups excluding carboxylic acids is 1. The summed E-state index contributed by atoms with van der Waals surface area (Å²) >= 11 is 0. The van der Waals surface area contributed by atoms with Crippen LogP contribution in [0.1, 0.15) is 21.5 Å². The van der Waals surface area contributed by atoms with E-state index in [2.05, 4.69) is 11.4 Å². The second-order valence-electron chi connectivity index (χ2n) is 6.15. The number of amides is 1. The molecule has 0 aromatic heterocycles. The van der Waals surface area contributed by atoms with Gasteiger partial charge in [0.1, 0.15) is 18.2 Å². The third-order valence-electron chi connectivity index (χ3n) is 4.63. The second kappa shape index (κ2) is 6.24. The van der Waals surface area contributed by atoms with Crippen molar-refractivity contribution in [2.75, 3.05) is 31.1 Å². The van der Waals surface area contributed by atoms with Crippen molar-refractivity contribution in [1.29, 1.82) is 0 Å². The summed E-state index contributed by atoms with van der Waals surface area (Å²) in [6.45, 7) is 2.75. The molecule has 2 aromatic rings. The molecule has 2 aromatic carbocycles. The quantitative estimate of drug-likeness (QED) is 0.876. The van der Waals surface area contributed by atoms with Crippen molar-refractivity contribution in [2.45, 2.75) is 12.8 Å². The molecule has 2 aliphatic rings. The zero-order valence-electron chi connectivity index (χ0n) is 13.3. The van der Waals surface area contributed by atoms with E-state index in [9.17, 15) is 9.18 Å². The molecule has 0 unspecified atom stereocenters. The fraction of sp³-hybridized carbons (Fsp3) is 0.316. The van der Waals surface area contributed by atoms with E-state index in [-0.39, 0.29) is 11.7 Å². The molecule has 5 heteroatoms. The van der Waals surface area contributed by atoms with Crippen LogP contribution in [0.5, 0.6) is 5.75 Å². The lowest BCUT2D eigenvalue weighted by molar-refractivity contribution is 0.0976. The minimum absolute atomic E-state index is 0.0637. The number of benzene rings is 2. The Kier molecular flexibility index (Phi) is 3.94. The van der Waals surface area contributed by atoms with E-state index >= 15 is 0 Å². The number of hydrogen-bond donors (Lipinski definition) is 1. The Morgan fingerprint density at radius 1 is 1.08 bits per heavy atom. The number of halogens is 1. The van der Waals surface area contributed by atoms with Gasteiger partial charge in [-0.3, -0.25) is 4.79 Å². The minimum Gasteiger partial charge on any atom is -0.489 e. The van der Waals surface area contributed by atoms with Gasteiger partial charge in [-0.2, -0.15) is 0 Å². The van der Waals surface area contributed by atoms with Crippen molar-refractivity contribution >= 4 is 11.6 Å². The van der Waals surface area contributed by atoms with Crippen molar-refractivity contribution in [3.63, 3.8) is 0 Å². The van der Waals surface area contributed by atoms with Crippen LogP contribution in [0.4, 0.5) is 10.1 Å². The van der Waals surface area contributed by atoms with Crippen molar-refractivity contribution < 1.29 is 13.9 Å². The molecule has 0 aliphatic carbocycles. The van der Waals surface area contributed by atoms with Crippen LogP contribution in [0.15, 0.2) is 36.4 Å². The summed E-state index contributed by atoms with van der Waals surface area (Å²) in [4.78, 5) is 14.7. The highest BCUT2D eigenvalue weighted by atomic mass is 19.1. The lowest BCUT2D eigenvalue weighted by Gasteiger charge is -2.29. The predicted molar refractivity (Wildman–Crippen MR) is 90.3 cm³/mol. The Morgan fingerprint density at radius 2 is 1.92 bits per heavy atom. The average molecular weight is 326 g/mol. The molecular weight excluding hydrogens is 307 g/mol. The maximum Gasteiger partial charge on any atom is 0.258 e. The van der Waals surface area contributed by atoms with Gasteiger partial charge in [0.2, 0.25) is 0 Å². The van der Waals surface area contributed by atoms with E-state index in [1.165, 1.54) is 23.3 Å². The minimum atomic E-state index is -0.361. The van der Waals surface area contributed by atoms with Gasteiger partial charge in [0.25, 0.3) is 5.91 Å². The first-order valence-electron chi connectivity index (χ1n) is 8.29. The standard InChI is InChI=1S/C19H19FN2O2/c20-16-3-4-17-18(12-16)24-10-9-22(17)19(23)15-2-1-13-5-7-21-8-6-14(13)11-15/h1-4,11-12,21H,5-10H2. The highest BCUT2D eigenvalue weighted by Gasteiger charge is 2.25. The molecule has 0 fully saturated rings. The lowest BCUT2D eigenvalue weighted by Crippen LogP contribution is -2.38. The molecule has 0 radical (unpaired) electrons. The number of carbonyl (C=O) groups is 1. The monoisotopic (exact) mass is 326 g/mol. The Hall–Kier alpha value is -2.40. The van der Waals surface area contributed by atoms with Gasteiger partial charge in [-0.15, -0.1) is 0 Å². The number of nitrogens with zero attached hydrogens (tertiary/aromatic N) is 1. The van der Waals surface area contributed by atoms with Gasteiger partial charge >= 0.3 is 0 Å². The van der Waals surface area contributed by atoms with Crippen LogP contribution in [-0.4, -0.2) is 32.1 Å². The summed E-state index contributed by atoms with van der Waals surface area (Å²) in [6, 6.07) is 10.2. The van der Waals surface area contributed by atoms with E-state index < -0.39 is 0 Å². The highest BCUT2D eigenvalue weighted by Crippen LogP contribution is 2.33. The van der Waals surface area contributed by atoms with E-state index in [1.807, 2.05) is 12.1 Å². The summed E-state index contributed by atoms with van der Waals surface area (Å²) in [5, 5.41) is 3.38. The van der Waals surface area contributed by atoms with Crippen LogP contribution >= 0.6 is 0 Å². The molecule has 0 atom stereocenters. The van der Waals surface area contributed by atoms with E-state index in [0.717, 1.165) is 25.9 Å².